The van der Waals surface area contributed by atoms with Crippen LogP contribution < -0.4 is 10.6 Å². The second kappa shape index (κ2) is 8.83. The van der Waals surface area contributed by atoms with Gasteiger partial charge in [0, 0.05) is 31.8 Å². The fourth-order valence-corrected chi connectivity index (χ4v) is 1.60. The van der Waals surface area contributed by atoms with Crippen molar-refractivity contribution < 1.29 is 14.8 Å². The van der Waals surface area contributed by atoms with Gasteiger partial charge in [-0.2, -0.15) is 0 Å². The minimum Gasteiger partial charge on any atom is -0.392 e. The molecule has 0 aliphatic heterocycles. The lowest BCUT2D eigenvalue weighted by Crippen LogP contribution is -2.33. The number of nitro groups is 1. The van der Waals surface area contributed by atoms with Crippen LogP contribution in [-0.2, 0) is 4.79 Å². The van der Waals surface area contributed by atoms with Crippen molar-refractivity contribution >= 4 is 17.7 Å². The van der Waals surface area contributed by atoms with E-state index in [9.17, 15) is 14.9 Å². The summed E-state index contributed by atoms with van der Waals surface area (Å²) in [6.45, 7) is 3.08. The van der Waals surface area contributed by atoms with Crippen LogP contribution in [0.15, 0.2) is 30.3 Å². The topological polar surface area (TPSA) is 104 Å². The summed E-state index contributed by atoms with van der Waals surface area (Å²) in [7, 11) is 0. The second-order valence-corrected chi connectivity index (χ2v) is 4.49. The van der Waals surface area contributed by atoms with Crippen LogP contribution in [0.4, 0.5) is 5.69 Å². The molecule has 3 N–H and O–H groups in total. The molecule has 0 fully saturated rings. The maximum absolute atomic E-state index is 11.5. The molecule has 0 aliphatic rings. The zero-order chi connectivity index (χ0) is 15.7. The van der Waals surface area contributed by atoms with Crippen molar-refractivity contribution in [3.8, 4) is 0 Å². The third-order valence-corrected chi connectivity index (χ3v) is 2.59. The lowest BCUT2D eigenvalue weighted by molar-refractivity contribution is -0.385. The van der Waals surface area contributed by atoms with E-state index < -0.39 is 11.0 Å². The van der Waals surface area contributed by atoms with Crippen LogP contribution in [0.5, 0.6) is 0 Å². The molecule has 1 atom stereocenters. The van der Waals surface area contributed by atoms with Crippen LogP contribution in [-0.4, -0.2) is 41.7 Å². The van der Waals surface area contributed by atoms with Crippen molar-refractivity contribution in [2.24, 2.45) is 0 Å². The molecule has 1 aromatic carbocycles. The third kappa shape index (κ3) is 6.64. The molecule has 7 nitrogen and oxygen atoms in total. The SMILES string of the molecule is CC(O)CNCCNC(=O)/C=C/c1ccccc1[N+](=O)[O-]. The summed E-state index contributed by atoms with van der Waals surface area (Å²) in [5.41, 5.74) is 0.338. The number of hydrogen-bond acceptors (Lipinski definition) is 5. The van der Waals surface area contributed by atoms with E-state index in [0.29, 0.717) is 25.2 Å². The standard InChI is InChI=1S/C14H19N3O4/c1-11(18)10-15-8-9-16-14(19)7-6-12-4-2-3-5-13(12)17(20)21/h2-7,11,15,18H,8-10H2,1H3,(H,16,19)/b7-6+. The zero-order valence-electron chi connectivity index (χ0n) is 11.8. The van der Waals surface area contributed by atoms with E-state index in [1.807, 2.05) is 0 Å². The Morgan fingerprint density at radius 3 is 2.81 bits per heavy atom. The lowest BCUT2D eigenvalue weighted by atomic mass is 10.1. The normalized spacial score (nSPS) is 12.3. The van der Waals surface area contributed by atoms with Gasteiger partial charge in [0.25, 0.3) is 5.69 Å². The number of nitro benzene ring substituents is 1. The molecule has 0 radical (unpaired) electrons. The van der Waals surface area contributed by atoms with Crippen LogP contribution in [0.1, 0.15) is 12.5 Å². The van der Waals surface area contributed by atoms with Gasteiger partial charge in [0.1, 0.15) is 0 Å². The quantitative estimate of drug-likeness (QED) is 0.283. The molecule has 1 unspecified atom stereocenters. The Bertz CT molecular complexity index is 515. The molecule has 7 heteroatoms. The van der Waals surface area contributed by atoms with Crippen LogP contribution in [0.3, 0.4) is 0 Å². The Morgan fingerprint density at radius 2 is 2.14 bits per heavy atom. The first-order valence-electron chi connectivity index (χ1n) is 6.59. The number of carbonyl (C=O) groups is 1. The van der Waals surface area contributed by atoms with E-state index in [1.54, 1.807) is 25.1 Å². The zero-order valence-corrected chi connectivity index (χ0v) is 11.8. The number of nitrogens with one attached hydrogen (secondary N) is 2. The molecule has 0 aliphatic carbocycles. The number of aliphatic hydroxyl groups excluding tert-OH is 1. The predicted octanol–water partition coefficient (Wildman–Crippen LogP) is 0.695. The highest BCUT2D eigenvalue weighted by molar-refractivity contribution is 5.92. The fraction of sp³-hybridized carbons (Fsp3) is 0.357. The molecule has 21 heavy (non-hydrogen) atoms. The van der Waals surface area contributed by atoms with E-state index in [0.717, 1.165) is 0 Å². The number of nitrogens with zero attached hydrogens (tertiary/aromatic N) is 1. The van der Waals surface area contributed by atoms with Crippen molar-refractivity contribution in [1.29, 1.82) is 0 Å². The summed E-state index contributed by atoms with van der Waals surface area (Å²) in [5.74, 6) is -0.327. The van der Waals surface area contributed by atoms with Gasteiger partial charge in [0.2, 0.25) is 5.91 Å². The molecule has 0 bridgehead atoms. The molecule has 1 aromatic rings. The monoisotopic (exact) mass is 293 g/mol. The first-order chi connectivity index (χ1) is 10.0. The van der Waals surface area contributed by atoms with Crippen molar-refractivity contribution in [2.45, 2.75) is 13.0 Å². The maximum Gasteiger partial charge on any atom is 0.276 e. The molecule has 0 saturated heterocycles. The van der Waals surface area contributed by atoms with Gasteiger partial charge in [-0.25, -0.2) is 0 Å². The summed E-state index contributed by atoms with van der Waals surface area (Å²) in [6.07, 6.45) is 2.24. The van der Waals surface area contributed by atoms with Crippen molar-refractivity contribution in [1.82, 2.24) is 10.6 Å². The van der Waals surface area contributed by atoms with Gasteiger partial charge in [-0.15, -0.1) is 0 Å². The van der Waals surface area contributed by atoms with Gasteiger partial charge < -0.3 is 15.7 Å². The number of benzene rings is 1. The van der Waals surface area contributed by atoms with Gasteiger partial charge in [-0.05, 0) is 19.1 Å². The molecule has 0 saturated carbocycles. The van der Waals surface area contributed by atoms with E-state index >= 15 is 0 Å². The largest absolute Gasteiger partial charge is 0.392 e. The van der Waals surface area contributed by atoms with Crippen LogP contribution >= 0.6 is 0 Å². The summed E-state index contributed by atoms with van der Waals surface area (Å²) >= 11 is 0. The number of aliphatic hydroxyl groups is 1. The van der Waals surface area contributed by atoms with Crippen molar-refractivity contribution in [2.75, 3.05) is 19.6 Å². The Morgan fingerprint density at radius 1 is 1.43 bits per heavy atom. The number of para-hydroxylation sites is 1. The molecule has 1 rings (SSSR count). The van der Waals surface area contributed by atoms with Gasteiger partial charge >= 0.3 is 0 Å². The van der Waals surface area contributed by atoms with Gasteiger partial charge in [0.05, 0.1) is 16.6 Å². The molecule has 0 spiro atoms. The number of amides is 1. The first-order valence-corrected chi connectivity index (χ1v) is 6.59. The third-order valence-electron chi connectivity index (χ3n) is 2.59. The van der Waals surface area contributed by atoms with Crippen LogP contribution in [0, 0.1) is 10.1 Å². The molecule has 1 amide bonds. The summed E-state index contributed by atoms with van der Waals surface area (Å²) in [6, 6.07) is 6.21. The van der Waals surface area contributed by atoms with Crippen LogP contribution in [0.2, 0.25) is 0 Å². The first kappa shape index (κ1) is 16.8. The lowest BCUT2D eigenvalue weighted by Gasteiger charge is -2.06. The Balaban J connectivity index is 2.42. The van der Waals surface area contributed by atoms with E-state index in [1.165, 1.54) is 18.2 Å². The molecular weight excluding hydrogens is 274 g/mol. The minimum atomic E-state index is -0.489. The average Bonchev–Trinajstić information content (AvgIpc) is 2.44. The fourth-order valence-electron chi connectivity index (χ4n) is 1.60. The molecule has 0 heterocycles. The van der Waals surface area contributed by atoms with E-state index in [2.05, 4.69) is 10.6 Å². The van der Waals surface area contributed by atoms with Gasteiger partial charge in [-0.3, -0.25) is 14.9 Å². The minimum absolute atomic E-state index is 0.0415. The highest BCUT2D eigenvalue weighted by Gasteiger charge is 2.09. The van der Waals surface area contributed by atoms with Crippen molar-refractivity contribution in [3.05, 3.63) is 46.0 Å². The summed E-state index contributed by atoms with van der Waals surface area (Å²) in [4.78, 5) is 21.9. The van der Waals surface area contributed by atoms with Crippen molar-refractivity contribution in [3.63, 3.8) is 0 Å². The summed E-state index contributed by atoms with van der Waals surface area (Å²) in [5, 5.41) is 25.4. The highest BCUT2D eigenvalue weighted by Crippen LogP contribution is 2.18. The number of carbonyl (C=O) groups excluding carboxylic acids is 1. The summed E-state index contributed by atoms with van der Waals surface area (Å²) < 4.78 is 0. The Labute approximate surface area is 122 Å². The molecule has 0 aromatic heterocycles. The van der Waals surface area contributed by atoms with E-state index in [4.69, 9.17) is 5.11 Å². The average molecular weight is 293 g/mol. The van der Waals surface area contributed by atoms with Gasteiger partial charge in [0.15, 0.2) is 0 Å². The Hall–Kier alpha value is -2.25. The maximum atomic E-state index is 11.5. The van der Waals surface area contributed by atoms with Crippen LogP contribution in [0.25, 0.3) is 6.08 Å². The highest BCUT2D eigenvalue weighted by atomic mass is 16.6. The van der Waals surface area contributed by atoms with E-state index in [-0.39, 0.29) is 11.6 Å². The smallest absolute Gasteiger partial charge is 0.276 e. The molecule has 114 valence electrons. The second-order valence-electron chi connectivity index (χ2n) is 4.49. The molecular formula is C14H19N3O4. The number of rotatable bonds is 8. The van der Waals surface area contributed by atoms with Gasteiger partial charge in [-0.1, -0.05) is 12.1 Å². The predicted molar refractivity (Wildman–Crippen MR) is 79.7 cm³/mol. The Kier molecular flexibility index (Phi) is 7.06. The number of hydrogen-bond donors (Lipinski definition) is 3.